The van der Waals surface area contributed by atoms with Gasteiger partial charge in [-0.2, -0.15) is 0 Å². The Labute approximate surface area is 187 Å². The molecule has 0 bridgehead atoms. The van der Waals surface area contributed by atoms with E-state index >= 15 is 0 Å². The summed E-state index contributed by atoms with van der Waals surface area (Å²) in [6.07, 6.45) is 3.33. The van der Waals surface area contributed by atoms with E-state index in [0.717, 1.165) is 40.7 Å². The minimum Gasteiger partial charge on any atom is -0.360 e. The minimum atomic E-state index is -0.463. The van der Waals surface area contributed by atoms with E-state index in [1.807, 2.05) is 83.8 Å². The van der Waals surface area contributed by atoms with Crippen molar-refractivity contribution in [3.8, 4) is 0 Å². The van der Waals surface area contributed by atoms with Crippen molar-refractivity contribution < 1.29 is 9.59 Å². The topological polar surface area (TPSA) is 65.2 Å². The van der Waals surface area contributed by atoms with Gasteiger partial charge in [-0.15, -0.1) is 0 Å². The Morgan fingerprint density at radius 3 is 2.47 bits per heavy atom. The Morgan fingerprint density at radius 2 is 1.72 bits per heavy atom. The second kappa shape index (κ2) is 8.81. The molecule has 5 rings (SSSR count). The van der Waals surface area contributed by atoms with Gasteiger partial charge in [0.1, 0.15) is 0 Å². The predicted octanol–water partition coefficient (Wildman–Crippen LogP) is 5.01. The number of nitrogens with zero attached hydrogens (tertiary/aromatic N) is 1. The summed E-state index contributed by atoms with van der Waals surface area (Å²) in [6, 6.07) is 25.2. The summed E-state index contributed by atoms with van der Waals surface area (Å²) in [5.74, 6) is 0.220. The fraction of sp³-hybridized carbons (Fsp3) is 0.185. The van der Waals surface area contributed by atoms with Crippen LogP contribution in [0.1, 0.15) is 40.4 Å². The van der Waals surface area contributed by atoms with E-state index in [4.69, 9.17) is 0 Å². The number of aromatic nitrogens is 1. The summed E-state index contributed by atoms with van der Waals surface area (Å²) in [7, 11) is 0. The summed E-state index contributed by atoms with van der Waals surface area (Å²) in [6.45, 7) is 1.33. The number of hydrogen-bond donors (Lipinski definition) is 2. The van der Waals surface area contributed by atoms with Gasteiger partial charge in [0.25, 0.3) is 0 Å². The molecule has 1 fully saturated rings. The van der Waals surface area contributed by atoms with Crippen LogP contribution in [0.5, 0.6) is 0 Å². The van der Waals surface area contributed by atoms with Crippen molar-refractivity contribution in [2.75, 3.05) is 11.4 Å². The Kier molecular flexibility index (Phi) is 5.57. The van der Waals surface area contributed by atoms with E-state index in [9.17, 15) is 9.59 Å². The standard InChI is InChI=1S/C27H25N3O2/c31-25-11-6-16-30(25)21-14-12-19(13-15-21)17-29-26(20-7-2-1-3-8-20)27(32)23-18-28-24-10-5-4-9-22(23)24/h1-5,7-10,12-15,18,26,28-29H,6,11,16-17H2. The summed E-state index contributed by atoms with van der Waals surface area (Å²) >= 11 is 0. The maximum atomic E-state index is 13.6. The highest BCUT2D eigenvalue weighted by Gasteiger charge is 2.24. The molecule has 2 N–H and O–H groups in total. The molecule has 1 aliphatic rings. The number of amides is 1. The molecule has 2 heterocycles. The number of aromatic amines is 1. The molecule has 0 saturated carbocycles. The number of rotatable bonds is 7. The molecule has 5 heteroatoms. The lowest BCUT2D eigenvalue weighted by atomic mass is 9.96. The van der Waals surface area contributed by atoms with Crippen molar-refractivity contribution in [3.63, 3.8) is 0 Å². The molecule has 0 aliphatic carbocycles. The zero-order chi connectivity index (χ0) is 21.9. The molecule has 1 aromatic heterocycles. The van der Waals surface area contributed by atoms with Crippen molar-refractivity contribution in [2.45, 2.75) is 25.4 Å². The highest BCUT2D eigenvalue weighted by molar-refractivity contribution is 6.10. The Morgan fingerprint density at radius 1 is 0.969 bits per heavy atom. The molecule has 1 aliphatic heterocycles. The predicted molar refractivity (Wildman–Crippen MR) is 127 cm³/mol. The second-order valence-electron chi connectivity index (χ2n) is 8.15. The van der Waals surface area contributed by atoms with Gasteiger partial charge >= 0.3 is 0 Å². The molecule has 1 unspecified atom stereocenters. The Bertz CT molecular complexity index is 1240. The normalized spacial score (nSPS) is 14.8. The average Bonchev–Trinajstić information content (AvgIpc) is 3.46. The minimum absolute atomic E-state index is 0.0351. The van der Waals surface area contributed by atoms with E-state index in [2.05, 4.69) is 10.3 Å². The summed E-state index contributed by atoms with van der Waals surface area (Å²) in [4.78, 5) is 30.6. The average molecular weight is 424 g/mol. The number of carbonyl (C=O) groups is 2. The van der Waals surface area contributed by atoms with Crippen molar-refractivity contribution in [1.82, 2.24) is 10.3 Å². The van der Waals surface area contributed by atoms with Gasteiger partial charge in [-0.3, -0.25) is 14.9 Å². The second-order valence-corrected chi connectivity index (χ2v) is 8.15. The fourth-order valence-corrected chi connectivity index (χ4v) is 4.37. The number of benzene rings is 3. The number of hydrogen-bond acceptors (Lipinski definition) is 3. The smallest absolute Gasteiger partial charge is 0.227 e. The molecular weight excluding hydrogens is 398 g/mol. The maximum Gasteiger partial charge on any atom is 0.227 e. The molecule has 32 heavy (non-hydrogen) atoms. The van der Waals surface area contributed by atoms with Gasteiger partial charge in [-0.05, 0) is 35.7 Å². The van der Waals surface area contributed by atoms with Crippen LogP contribution in [-0.2, 0) is 11.3 Å². The van der Waals surface area contributed by atoms with Gasteiger partial charge < -0.3 is 9.88 Å². The van der Waals surface area contributed by atoms with Gasteiger partial charge in [-0.25, -0.2) is 0 Å². The summed E-state index contributed by atoms with van der Waals surface area (Å²) in [5.41, 5.74) is 4.57. The molecule has 160 valence electrons. The van der Waals surface area contributed by atoms with Gasteiger partial charge in [0, 0.05) is 47.9 Å². The van der Waals surface area contributed by atoms with Crippen molar-refractivity contribution in [1.29, 1.82) is 0 Å². The van der Waals surface area contributed by atoms with Gasteiger partial charge in [0.15, 0.2) is 5.78 Å². The SMILES string of the molecule is O=C(c1c[nH]c2ccccc12)C(NCc1ccc(N2CCCC2=O)cc1)c1ccccc1. The van der Waals surface area contributed by atoms with Gasteiger partial charge in [-0.1, -0.05) is 60.7 Å². The number of anilines is 1. The van der Waals surface area contributed by atoms with E-state index in [0.29, 0.717) is 18.5 Å². The zero-order valence-corrected chi connectivity index (χ0v) is 17.8. The third kappa shape index (κ3) is 3.95. The van der Waals surface area contributed by atoms with Crippen LogP contribution in [0.4, 0.5) is 5.69 Å². The lowest BCUT2D eigenvalue weighted by Gasteiger charge is -2.19. The number of nitrogens with one attached hydrogen (secondary N) is 2. The van der Waals surface area contributed by atoms with Gasteiger partial charge in [0.2, 0.25) is 5.91 Å². The lowest BCUT2D eigenvalue weighted by molar-refractivity contribution is -0.117. The molecular formula is C27H25N3O2. The van der Waals surface area contributed by atoms with Crippen LogP contribution >= 0.6 is 0 Å². The maximum absolute atomic E-state index is 13.6. The van der Waals surface area contributed by atoms with Crippen LogP contribution in [0, 0.1) is 0 Å². The quantitative estimate of drug-likeness (QED) is 0.411. The van der Waals surface area contributed by atoms with E-state index in [1.165, 1.54) is 0 Å². The molecule has 1 saturated heterocycles. The number of carbonyl (C=O) groups excluding carboxylic acids is 2. The molecule has 0 spiro atoms. The first-order valence-corrected chi connectivity index (χ1v) is 11.0. The van der Waals surface area contributed by atoms with Crippen LogP contribution in [0.15, 0.2) is 85.1 Å². The number of Topliss-reactive ketones (excluding diaryl/α,β-unsaturated/α-hetero) is 1. The van der Waals surface area contributed by atoms with Crippen LogP contribution in [0.2, 0.25) is 0 Å². The Balaban J connectivity index is 1.37. The summed E-state index contributed by atoms with van der Waals surface area (Å²) < 4.78 is 0. The van der Waals surface area contributed by atoms with Crippen LogP contribution < -0.4 is 10.2 Å². The highest BCUT2D eigenvalue weighted by atomic mass is 16.2. The van der Waals surface area contributed by atoms with Crippen LogP contribution in [-0.4, -0.2) is 23.2 Å². The number of para-hydroxylation sites is 1. The van der Waals surface area contributed by atoms with E-state index in [-0.39, 0.29) is 11.7 Å². The molecule has 3 aromatic carbocycles. The largest absolute Gasteiger partial charge is 0.360 e. The van der Waals surface area contributed by atoms with E-state index in [1.54, 1.807) is 6.20 Å². The highest BCUT2D eigenvalue weighted by Crippen LogP contribution is 2.26. The third-order valence-corrected chi connectivity index (χ3v) is 6.08. The first-order valence-electron chi connectivity index (χ1n) is 11.0. The van der Waals surface area contributed by atoms with Crippen molar-refractivity contribution in [3.05, 3.63) is 102 Å². The number of H-pyrrole nitrogens is 1. The zero-order valence-electron chi connectivity index (χ0n) is 17.8. The summed E-state index contributed by atoms with van der Waals surface area (Å²) in [5, 5.41) is 4.39. The third-order valence-electron chi connectivity index (χ3n) is 6.08. The number of ketones is 1. The number of fused-ring (bicyclic) bond motifs is 1. The van der Waals surface area contributed by atoms with Crippen molar-refractivity contribution >= 4 is 28.3 Å². The first-order chi connectivity index (χ1) is 15.7. The Hall–Kier alpha value is -3.70. The fourth-order valence-electron chi connectivity index (χ4n) is 4.37. The van der Waals surface area contributed by atoms with E-state index < -0.39 is 6.04 Å². The molecule has 1 atom stereocenters. The molecule has 4 aromatic rings. The van der Waals surface area contributed by atoms with Crippen LogP contribution in [0.25, 0.3) is 10.9 Å². The van der Waals surface area contributed by atoms with Crippen molar-refractivity contribution in [2.24, 2.45) is 0 Å². The van der Waals surface area contributed by atoms with Gasteiger partial charge in [0.05, 0.1) is 6.04 Å². The molecule has 0 radical (unpaired) electrons. The molecule has 1 amide bonds. The first kappa shape index (κ1) is 20.2. The molecule has 5 nitrogen and oxygen atoms in total. The lowest BCUT2D eigenvalue weighted by Crippen LogP contribution is -2.28. The van der Waals surface area contributed by atoms with Crippen LogP contribution in [0.3, 0.4) is 0 Å². The monoisotopic (exact) mass is 423 g/mol.